The first-order valence-electron chi connectivity index (χ1n) is 5.26. The lowest BCUT2D eigenvalue weighted by Gasteiger charge is -2.09. The zero-order valence-corrected chi connectivity index (χ0v) is 10.5. The third-order valence-corrected chi connectivity index (χ3v) is 2.32. The van der Waals surface area contributed by atoms with Crippen LogP contribution < -0.4 is 10.4 Å². The van der Waals surface area contributed by atoms with Gasteiger partial charge in [-0.2, -0.15) is 0 Å². The smallest absolute Gasteiger partial charge is 0.338 e. The number of hydrogen-bond donors (Lipinski definition) is 1. The van der Waals surface area contributed by atoms with E-state index in [1.165, 1.54) is 0 Å². The molecule has 1 aromatic rings. The third kappa shape index (κ3) is 3.62. The quantitative estimate of drug-likeness (QED) is 0.412. The molecule has 0 aromatic heterocycles. The van der Waals surface area contributed by atoms with Gasteiger partial charge in [-0.1, -0.05) is 0 Å². The van der Waals surface area contributed by atoms with Crippen LogP contribution in [0.3, 0.4) is 0 Å². The van der Waals surface area contributed by atoms with Crippen LogP contribution in [0.4, 0.5) is 17.1 Å². The number of anilines is 1. The lowest BCUT2D eigenvalue weighted by molar-refractivity contribution is -0.392. The van der Waals surface area contributed by atoms with Gasteiger partial charge in [0.25, 0.3) is 11.4 Å². The van der Waals surface area contributed by atoms with Gasteiger partial charge < -0.3 is 20.0 Å². The Morgan fingerprint density at radius 2 is 1.67 bits per heavy atom. The highest BCUT2D eigenvalue weighted by molar-refractivity contribution is 5.94. The maximum Gasteiger partial charge on any atom is 0.338 e. The molecule has 0 saturated carbocycles. The van der Waals surface area contributed by atoms with Crippen LogP contribution in [-0.2, 0) is 9.53 Å². The van der Waals surface area contributed by atoms with Crippen LogP contribution in [0.15, 0.2) is 12.1 Å². The average Bonchev–Trinajstić information content (AvgIpc) is 2.42. The average molecular weight is 298 g/mol. The number of nitro groups is 2. The number of ether oxygens (including phenoxy) is 1. The zero-order chi connectivity index (χ0) is 16.2. The van der Waals surface area contributed by atoms with E-state index in [1.807, 2.05) is 5.32 Å². The van der Waals surface area contributed by atoms with Gasteiger partial charge >= 0.3 is 5.97 Å². The second-order valence-corrected chi connectivity index (χ2v) is 3.62. The molecule has 0 aliphatic carbocycles. The topological polar surface area (TPSA) is 165 Å². The van der Waals surface area contributed by atoms with Gasteiger partial charge in [-0.3, -0.25) is 20.2 Å². The van der Waals surface area contributed by atoms with Gasteiger partial charge in [0.05, 0.1) is 35.0 Å². The van der Waals surface area contributed by atoms with E-state index in [4.69, 9.17) is 0 Å². The number of carboxylic acid groups (broad SMARTS) is 1. The van der Waals surface area contributed by atoms with Crippen LogP contribution in [0.2, 0.25) is 0 Å². The molecule has 0 fully saturated rings. The van der Waals surface area contributed by atoms with Gasteiger partial charge in [-0.05, 0) is 0 Å². The van der Waals surface area contributed by atoms with Crippen molar-refractivity contribution in [3.63, 3.8) is 0 Å². The standard InChI is InChI=1S/C10H9N3O8/c1-21-10(16)5-2-6(12(17)18)9(11-4-8(14)15)7(3-5)13(19)20/h2-3,11H,4H2,1H3,(H,14,15)/p-1. The monoisotopic (exact) mass is 298 g/mol. The van der Waals surface area contributed by atoms with E-state index in [-0.39, 0.29) is 0 Å². The van der Waals surface area contributed by atoms with Crippen LogP contribution in [0.5, 0.6) is 0 Å². The Labute approximate surface area is 116 Å². The Morgan fingerprint density at radius 3 is 2.00 bits per heavy atom. The Kier molecular flexibility index (Phi) is 4.72. The molecule has 0 atom stereocenters. The summed E-state index contributed by atoms with van der Waals surface area (Å²) >= 11 is 0. The van der Waals surface area contributed by atoms with Crippen molar-refractivity contribution in [3.8, 4) is 0 Å². The molecule has 1 rings (SSSR count). The molecule has 112 valence electrons. The summed E-state index contributed by atoms with van der Waals surface area (Å²) in [6.45, 7) is -0.876. The number of hydrogen-bond acceptors (Lipinski definition) is 9. The van der Waals surface area contributed by atoms with Crippen molar-refractivity contribution in [1.82, 2.24) is 0 Å². The summed E-state index contributed by atoms with van der Waals surface area (Å²) in [6.07, 6.45) is 0. The first-order chi connectivity index (χ1) is 9.77. The Morgan fingerprint density at radius 1 is 1.19 bits per heavy atom. The summed E-state index contributed by atoms with van der Waals surface area (Å²) in [5, 5.41) is 34.3. The van der Waals surface area contributed by atoms with E-state index in [0.29, 0.717) is 0 Å². The number of methoxy groups -OCH3 is 1. The number of nitro benzene ring substituents is 2. The number of rotatable bonds is 6. The maximum absolute atomic E-state index is 11.3. The highest BCUT2D eigenvalue weighted by Gasteiger charge is 2.28. The van der Waals surface area contributed by atoms with Crippen LogP contribution in [0.1, 0.15) is 10.4 Å². The summed E-state index contributed by atoms with van der Waals surface area (Å²) < 4.78 is 4.34. The molecule has 0 unspecified atom stereocenters. The van der Waals surface area contributed by atoms with Crippen LogP contribution in [0, 0.1) is 20.2 Å². The zero-order valence-electron chi connectivity index (χ0n) is 10.5. The Hall–Kier alpha value is -3.24. The van der Waals surface area contributed by atoms with E-state index in [2.05, 4.69) is 4.74 Å². The molecule has 0 saturated heterocycles. The van der Waals surface area contributed by atoms with Crippen molar-refractivity contribution in [2.24, 2.45) is 0 Å². The number of carbonyl (C=O) groups excluding carboxylic acids is 2. The lowest BCUT2D eigenvalue weighted by Crippen LogP contribution is -2.30. The molecule has 21 heavy (non-hydrogen) atoms. The van der Waals surface area contributed by atoms with E-state index in [1.54, 1.807) is 0 Å². The van der Waals surface area contributed by atoms with Crippen molar-refractivity contribution in [2.45, 2.75) is 0 Å². The largest absolute Gasteiger partial charge is 0.548 e. The molecule has 1 aromatic carbocycles. The predicted molar refractivity (Wildman–Crippen MR) is 64.6 cm³/mol. The van der Waals surface area contributed by atoms with Crippen molar-refractivity contribution >= 4 is 29.0 Å². The van der Waals surface area contributed by atoms with Crippen molar-refractivity contribution in [2.75, 3.05) is 19.0 Å². The Bertz CT molecular complexity index is 592. The second-order valence-electron chi connectivity index (χ2n) is 3.62. The fraction of sp³-hybridized carbons (Fsp3) is 0.200. The van der Waals surface area contributed by atoms with Crippen molar-refractivity contribution < 1.29 is 29.3 Å². The van der Waals surface area contributed by atoms with Gasteiger partial charge in [-0.15, -0.1) is 0 Å². The molecule has 0 aliphatic heterocycles. The van der Waals surface area contributed by atoms with Gasteiger partial charge in [0.15, 0.2) is 5.69 Å². The first kappa shape index (κ1) is 15.8. The molecule has 1 N–H and O–H groups in total. The van der Waals surface area contributed by atoms with E-state index in [0.717, 1.165) is 19.2 Å². The van der Waals surface area contributed by atoms with E-state index in [9.17, 15) is 34.9 Å². The summed E-state index contributed by atoms with van der Waals surface area (Å²) in [5.41, 5.74) is -2.70. The number of carbonyl (C=O) groups is 2. The predicted octanol–water partition coefficient (Wildman–Crippen LogP) is -0.549. The molecule has 0 spiro atoms. The van der Waals surface area contributed by atoms with Crippen molar-refractivity contribution in [3.05, 3.63) is 37.9 Å². The van der Waals surface area contributed by atoms with Gasteiger partial charge in [0.1, 0.15) is 0 Å². The minimum atomic E-state index is -1.62. The van der Waals surface area contributed by atoms with E-state index < -0.39 is 51.0 Å². The second kappa shape index (κ2) is 6.27. The van der Waals surface area contributed by atoms with Crippen LogP contribution >= 0.6 is 0 Å². The number of nitrogens with zero attached hydrogens (tertiary/aromatic N) is 2. The lowest BCUT2D eigenvalue weighted by atomic mass is 10.1. The molecular weight excluding hydrogens is 290 g/mol. The van der Waals surface area contributed by atoms with Gasteiger partial charge in [-0.25, -0.2) is 4.79 Å². The van der Waals surface area contributed by atoms with Crippen LogP contribution in [-0.4, -0.2) is 35.4 Å². The van der Waals surface area contributed by atoms with Crippen molar-refractivity contribution in [1.29, 1.82) is 0 Å². The Balaban J connectivity index is 3.50. The number of aliphatic carboxylic acids is 1. The molecule has 0 radical (unpaired) electrons. The molecule has 0 amide bonds. The molecule has 0 bridgehead atoms. The molecule has 0 aliphatic rings. The summed E-state index contributed by atoms with van der Waals surface area (Å²) in [4.78, 5) is 41.6. The molecule has 11 nitrogen and oxygen atoms in total. The maximum atomic E-state index is 11.3. The summed E-state index contributed by atoms with van der Waals surface area (Å²) in [5.74, 6) is -2.62. The third-order valence-electron chi connectivity index (χ3n) is 2.32. The number of carboxylic acids is 1. The number of benzene rings is 1. The molecular formula is C10H8N3O8-. The molecule has 0 heterocycles. The minimum absolute atomic E-state index is 0.408. The van der Waals surface area contributed by atoms with Gasteiger partial charge in [0.2, 0.25) is 0 Å². The normalized spacial score (nSPS) is 9.76. The first-order valence-corrected chi connectivity index (χ1v) is 5.26. The number of esters is 1. The number of nitrogens with one attached hydrogen (secondary N) is 1. The fourth-order valence-electron chi connectivity index (χ4n) is 1.48. The summed E-state index contributed by atoms with van der Waals surface area (Å²) in [6, 6.07) is 1.49. The highest BCUT2D eigenvalue weighted by Crippen LogP contribution is 2.35. The summed E-state index contributed by atoms with van der Waals surface area (Å²) in [7, 11) is 1.00. The minimum Gasteiger partial charge on any atom is -0.548 e. The molecule has 11 heteroatoms. The SMILES string of the molecule is COC(=O)c1cc([N+](=O)[O-])c(NCC(=O)[O-])c([N+](=O)[O-])c1. The van der Waals surface area contributed by atoms with Crippen LogP contribution in [0.25, 0.3) is 0 Å². The van der Waals surface area contributed by atoms with Gasteiger partial charge in [0, 0.05) is 12.1 Å². The van der Waals surface area contributed by atoms with E-state index >= 15 is 0 Å². The highest BCUT2D eigenvalue weighted by atomic mass is 16.6. The fourth-order valence-corrected chi connectivity index (χ4v) is 1.48.